The minimum atomic E-state index is -0.322. The van der Waals surface area contributed by atoms with Gasteiger partial charge in [0, 0.05) is 17.6 Å². The highest BCUT2D eigenvalue weighted by atomic mass is 35.5. The molecule has 1 aromatic carbocycles. The summed E-state index contributed by atoms with van der Waals surface area (Å²) in [7, 11) is 1.53. The number of pyridine rings is 1. The number of aromatic nitrogens is 1. The van der Waals surface area contributed by atoms with Gasteiger partial charge in [-0.25, -0.2) is 9.78 Å². The maximum Gasteiger partial charge on any atom is 0.319 e. The third kappa shape index (κ3) is 3.86. The number of benzene rings is 1. The second-order valence-electron chi connectivity index (χ2n) is 3.99. The molecule has 20 heavy (non-hydrogen) atoms. The number of nitrogens with zero attached hydrogens (tertiary/aromatic N) is 1. The van der Waals surface area contributed by atoms with Crippen LogP contribution < -0.4 is 15.4 Å². The number of rotatable bonds is 4. The molecule has 0 unspecified atom stereocenters. The molecular weight excluding hydrogens is 278 g/mol. The number of nitrogens with one attached hydrogen (secondary N) is 2. The van der Waals surface area contributed by atoms with Gasteiger partial charge in [0.05, 0.1) is 19.0 Å². The van der Waals surface area contributed by atoms with Gasteiger partial charge in [0.15, 0.2) is 0 Å². The van der Waals surface area contributed by atoms with E-state index >= 15 is 0 Å². The maximum atomic E-state index is 11.7. The Morgan fingerprint density at radius 1 is 1.30 bits per heavy atom. The van der Waals surface area contributed by atoms with Gasteiger partial charge in [-0.2, -0.15) is 0 Å². The topological polar surface area (TPSA) is 63.2 Å². The molecule has 0 fully saturated rings. The summed E-state index contributed by atoms with van der Waals surface area (Å²) in [5.41, 5.74) is 1.44. The van der Waals surface area contributed by atoms with E-state index < -0.39 is 0 Å². The number of hydrogen-bond donors (Lipinski definition) is 2. The Morgan fingerprint density at radius 2 is 2.10 bits per heavy atom. The van der Waals surface area contributed by atoms with E-state index in [9.17, 15) is 4.79 Å². The molecule has 2 amide bonds. The zero-order valence-corrected chi connectivity index (χ0v) is 11.6. The lowest BCUT2D eigenvalue weighted by molar-refractivity contribution is 0.251. The van der Waals surface area contributed by atoms with E-state index in [2.05, 4.69) is 15.6 Å². The summed E-state index contributed by atoms with van der Waals surface area (Å²) < 4.78 is 4.94. The monoisotopic (exact) mass is 291 g/mol. The second kappa shape index (κ2) is 6.77. The molecule has 1 heterocycles. The number of carbonyl (C=O) groups excluding carboxylic acids is 1. The summed E-state index contributed by atoms with van der Waals surface area (Å²) in [6.45, 7) is 0.356. The van der Waals surface area contributed by atoms with Crippen molar-refractivity contribution in [3.05, 3.63) is 53.2 Å². The maximum absolute atomic E-state index is 11.7. The Bertz CT molecular complexity index is 587. The lowest BCUT2D eigenvalue weighted by atomic mass is 10.2. The highest BCUT2D eigenvalue weighted by Gasteiger charge is 2.04. The first-order valence-electron chi connectivity index (χ1n) is 5.97. The van der Waals surface area contributed by atoms with E-state index in [1.807, 2.05) is 18.2 Å². The van der Waals surface area contributed by atoms with Gasteiger partial charge < -0.3 is 15.4 Å². The molecule has 0 atom stereocenters. The predicted octanol–water partition coefficient (Wildman–Crippen LogP) is 3.07. The fourth-order valence-corrected chi connectivity index (χ4v) is 1.77. The number of anilines is 1. The third-order valence-corrected chi connectivity index (χ3v) is 2.97. The van der Waals surface area contributed by atoms with Crippen molar-refractivity contribution in [2.75, 3.05) is 12.4 Å². The number of carbonyl (C=O) groups is 1. The van der Waals surface area contributed by atoms with E-state index in [0.29, 0.717) is 23.1 Å². The van der Waals surface area contributed by atoms with Crippen LogP contribution in [-0.2, 0) is 6.54 Å². The Morgan fingerprint density at radius 3 is 2.75 bits per heavy atom. The molecule has 2 aromatic rings. The summed E-state index contributed by atoms with van der Waals surface area (Å²) in [6, 6.07) is 10.4. The van der Waals surface area contributed by atoms with Gasteiger partial charge in [0.25, 0.3) is 0 Å². The van der Waals surface area contributed by atoms with Gasteiger partial charge >= 0.3 is 6.03 Å². The molecule has 0 saturated carbocycles. The van der Waals surface area contributed by atoms with Crippen LogP contribution in [0, 0.1) is 0 Å². The molecule has 0 radical (unpaired) electrons. The van der Waals surface area contributed by atoms with Crippen LogP contribution in [0.2, 0.25) is 5.02 Å². The number of ether oxygens (including phenoxy) is 1. The van der Waals surface area contributed by atoms with Gasteiger partial charge in [0.2, 0.25) is 5.88 Å². The summed E-state index contributed by atoms with van der Waals surface area (Å²) in [5.74, 6) is 0.493. The molecule has 2 N–H and O–H groups in total. The number of halogens is 1. The SMILES string of the molecule is COc1ccc(NC(=O)NCc2ccccc2Cl)cn1. The van der Waals surface area contributed by atoms with Crippen molar-refractivity contribution < 1.29 is 9.53 Å². The van der Waals surface area contributed by atoms with E-state index in [0.717, 1.165) is 5.56 Å². The van der Waals surface area contributed by atoms with Crippen LogP contribution in [0.4, 0.5) is 10.5 Å². The Hall–Kier alpha value is -2.27. The summed E-state index contributed by atoms with van der Waals surface area (Å²) in [6.07, 6.45) is 1.52. The van der Waals surface area contributed by atoms with Gasteiger partial charge in [-0.05, 0) is 17.7 Å². The third-order valence-electron chi connectivity index (χ3n) is 2.60. The Labute approximate surface area is 121 Å². The van der Waals surface area contributed by atoms with Crippen LogP contribution >= 0.6 is 11.6 Å². The first kappa shape index (κ1) is 14.1. The lowest BCUT2D eigenvalue weighted by Gasteiger charge is -2.08. The molecule has 1 aromatic heterocycles. The normalized spacial score (nSPS) is 9.90. The van der Waals surface area contributed by atoms with Crippen LogP contribution in [0.15, 0.2) is 42.6 Å². The van der Waals surface area contributed by atoms with Crippen molar-refractivity contribution >= 4 is 23.3 Å². The molecule has 0 saturated heterocycles. The van der Waals surface area contributed by atoms with Crippen LogP contribution in [0.5, 0.6) is 5.88 Å². The fraction of sp³-hybridized carbons (Fsp3) is 0.143. The minimum absolute atomic E-state index is 0.322. The summed E-state index contributed by atoms with van der Waals surface area (Å²) >= 11 is 6.01. The van der Waals surface area contributed by atoms with E-state index in [-0.39, 0.29) is 6.03 Å². The molecule has 2 rings (SSSR count). The van der Waals surface area contributed by atoms with E-state index in [4.69, 9.17) is 16.3 Å². The second-order valence-corrected chi connectivity index (χ2v) is 4.40. The van der Waals surface area contributed by atoms with Gasteiger partial charge in [-0.3, -0.25) is 0 Å². The first-order chi connectivity index (χ1) is 9.69. The van der Waals surface area contributed by atoms with Gasteiger partial charge in [0.1, 0.15) is 0 Å². The average Bonchev–Trinajstić information content (AvgIpc) is 2.47. The molecular formula is C14H14ClN3O2. The highest BCUT2D eigenvalue weighted by Crippen LogP contribution is 2.14. The van der Waals surface area contributed by atoms with Crippen LogP contribution in [0.3, 0.4) is 0 Å². The predicted molar refractivity (Wildman–Crippen MR) is 78.1 cm³/mol. The standard InChI is InChI=1S/C14H14ClN3O2/c1-20-13-7-6-11(9-16-13)18-14(19)17-8-10-4-2-3-5-12(10)15/h2-7,9H,8H2,1H3,(H2,17,18,19). The number of methoxy groups -OCH3 is 1. The number of amides is 2. The van der Waals surface area contributed by atoms with Crippen molar-refractivity contribution in [3.63, 3.8) is 0 Å². The van der Waals surface area contributed by atoms with Crippen molar-refractivity contribution in [1.82, 2.24) is 10.3 Å². The zero-order valence-electron chi connectivity index (χ0n) is 10.9. The number of hydrogen-bond acceptors (Lipinski definition) is 3. The van der Waals surface area contributed by atoms with Crippen LogP contribution in [-0.4, -0.2) is 18.1 Å². The van der Waals surface area contributed by atoms with Crippen molar-refractivity contribution in [3.8, 4) is 5.88 Å². The first-order valence-corrected chi connectivity index (χ1v) is 6.35. The minimum Gasteiger partial charge on any atom is -0.481 e. The average molecular weight is 292 g/mol. The van der Waals surface area contributed by atoms with Crippen molar-refractivity contribution in [1.29, 1.82) is 0 Å². The van der Waals surface area contributed by atoms with E-state index in [1.165, 1.54) is 13.3 Å². The quantitative estimate of drug-likeness (QED) is 0.910. The summed E-state index contributed by atoms with van der Waals surface area (Å²) in [5, 5.41) is 6.02. The largest absolute Gasteiger partial charge is 0.481 e. The highest BCUT2D eigenvalue weighted by molar-refractivity contribution is 6.31. The molecule has 0 aliphatic carbocycles. The number of urea groups is 1. The van der Waals surface area contributed by atoms with Crippen molar-refractivity contribution in [2.45, 2.75) is 6.54 Å². The van der Waals surface area contributed by atoms with Gasteiger partial charge in [-0.1, -0.05) is 29.8 Å². The fourth-order valence-electron chi connectivity index (χ4n) is 1.57. The zero-order chi connectivity index (χ0) is 14.4. The molecule has 104 valence electrons. The van der Waals surface area contributed by atoms with Crippen molar-refractivity contribution in [2.24, 2.45) is 0 Å². The summed E-state index contributed by atoms with van der Waals surface area (Å²) in [4.78, 5) is 15.7. The van der Waals surface area contributed by atoms with E-state index in [1.54, 1.807) is 18.2 Å². The molecule has 0 aliphatic rings. The Balaban J connectivity index is 1.87. The van der Waals surface area contributed by atoms with Gasteiger partial charge in [-0.15, -0.1) is 0 Å². The Kier molecular flexibility index (Phi) is 4.79. The smallest absolute Gasteiger partial charge is 0.319 e. The molecule has 5 nitrogen and oxygen atoms in total. The molecule has 0 aliphatic heterocycles. The molecule has 0 spiro atoms. The molecule has 6 heteroatoms. The molecule has 0 bridgehead atoms. The lowest BCUT2D eigenvalue weighted by Crippen LogP contribution is -2.28. The van der Waals surface area contributed by atoms with Crippen LogP contribution in [0.1, 0.15) is 5.56 Å². The van der Waals surface area contributed by atoms with Crippen LogP contribution in [0.25, 0.3) is 0 Å².